The highest BCUT2D eigenvalue weighted by molar-refractivity contribution is 5.78. The maximum atomic E-state index is 12.1. The number of pyridine rings is 1. The molecule has 2 aromatic rings. The number of hydrogen-bond acceptors (Lipinski definition) is 3. The summed E-state index contributed by atoms with van der Waals surface area (Å²) < 4.78 is 5.11. The third kappa shape index (κ3) is 4.47. The van der Waals surface area contributed by atoms with E-state index in [1.807, 2.05) is 48.5 Å². The van der Waals surface area contributed by atoms with E-state index >= 15 is 0 Å². The summed E-state index contributed by atoms with van der Waals surface area (Å²) in [5.74, 6) is 5.38. The van der Waals surface area contributed by atoms with Crippen molar-refractivity contribution in [2.45, 2.75) is 19.3 Å². The highest BCUT2D eigenvalue weighted by Gasteiger charge is 2.21. The molecule has 1 aromatic carbocycles. The fourth-order valence-corrected chi connectivity index (χ4v) is 1.91. The van der Waals surface area contributed by atoms with E-state index in [0.29, 0.717) is 18.7 Å². The number of aromatic nitrogens is 1. The van der Waals surface area contributed by atoms with Crippen LogP contribution in [0.25, 0.3) is 0 Å². The van der Waals surface area contributed by atoms with Gasteiger partial charge in [-0.1, -0.05) is 36.1 Å². The average molecular weight is 279 g/mol. The van der Waals surface area contributed by atoms with Gasteiger partial charge in [-0.15, -0.1) is 0 Å². The molecule has 0 saturated carbocycles. The molecule has 1 aromatic heterocycles. The van der Waals surface area contributed by atoms with Crippen molar-refractivity contribution in [1.82, 2.24) is 4.98 Å². The Hall–Kier alpha value is -2.60. The van der Waals surface area contributed by atoms with Crippen molar-refractivity contribution in [3.8, 4) is 11.8 Å². The molecule has 1 atom stereocenters. The molecular formula is C18H17NO2. The van der Waals surface area contributed by atoms with E-state index < -0.39 is 5.92 Å². The molecule has 106 valence electrons. The number of hydrogen-bond donors (Lipinski definition) is 0. The number of benzene rings is 1. The maximum Gasteiger partial charge on any atom is 0.315 e. The lowest BCUT2D eigenvalue weighted by atomic mass is 10.0. The van der Waals surface area contributed by atoms with Crippen LogP contribution in [0.4, 0.5) is 0 Å². The van der Waals surface area contributed by atoms with Crippen LogP contribution in [0, 0.1) is 11.8 Å². The molecule has 3 heteroatoms. The van der Waals surface area contributed by atoms with E-state index in [0.717, 1.165) is 5.56 Å². The van der Waals surface area contributed by atoms with Gasteiger partial charge in [0.15, 0.2) is 0 Å². The lowest BCUT2D eigenvalue weighted by Crippen LogP contribution is -2.16. The second-order valence-corrected chi connectivity index (χ2v) is 4.43. The van der Waals surface area contributed by atoms with Crippen molar-refractivity contribution in [2.24, 2.45) is 0 Å². The van der Waals surface area contributed by atoms with Gasteiger partial charge in [0.1, 0.15) is 5.92 Å². The van der Waals surface area contributed by atoms with Gasteiger partial charge in [-0.2, -0.15) is 0 Å². The molecule has 0 amide bonds. The molecule has 0 N–H and O–H groups in total. The van der Waals surface area contributed by atoms with E-state index in [1.165, 1.54) is 0 Å². The van der Waals surface area contributed by atoms with Crippen molar-refractivity contribution in [2.75, 3.05) is 6.61 Å². The SMILES string of the molecule is CCOC(=O)C(CC#Cc1ccccc1)c1ccccn1. The maximum absolute atomic E-state index is 12.1. The van der Waals surface area contributed by atoms with Gasteiger partial charge < -0.3 is 4.74 Å². The Morgan fingerprint density at radius 3 is 2.62 bits per heavy atom. The van der Waals surface area contributed by atoms with Crippen molar-refractivity contribution in [3.63, 3.8) is 0 Å². The third-order valence-corrected chi connectivity index (χ3v) is 2.93. The third-order valence-electron chi connectivity index (χ3n) is 2.93. The largest absolute Gasteiger partial charge is 0.465 e. The number of ether oxygens (including phenoxy) is 1. The fraction of sp³-hybridized carbons (Fsp3) is 0.222. The van der Waals surface area contributed by atoms with Gasteiger partial charge in [0.05, 0.1) is 12.3 Å². The summed E-state index contributed by atoms with van der Waals surface area (Å²) in [5.41, 5.74) is 1.62. The zero-order valence-corrected chi connectivity index (χ0v) is 12.0. The molecule has 0 aliphatic heterocycles. The first-order chi connectivity index (χ1) is 10.3. The van der Waals surface area contributed by atoms with Gasteiger partial charge in [0.2, 0.25) is 0 Å². The smallest absolute Gasteiger partial charge is 0.315 e. The Kier molecular flexibility index (Phi) is 5.54. The van der Waals surface area contributed by atoms with E-state index in [9.17, 15) is 4.79 Å². The molecule has 1 heterocycles. The Morgan fingerprint density at radius 1 is 1.19 bits per heavy atom. The molecule has 0 radical (unpaired) electrons. The number of rotatable bonds is 4. The molecule has 0 fully saturated rings. The van der Waals surface area contributed by atoms with Gasteiger partial charge in [-0.05, 0) is 31.2 Å². The normalized spacial score (nSPS) is 11.1. The number of esters is 1. The zero-order valence-electron chi connectivity index (χ0n) is 12.0. The van der Waals surface area contributed by atoms with Crippen molar-refractivity contribution < 1.29 is 9.53 Å². The molecule has 0 bridgehead atoms. The van der Waals surface area contributed by atoms with Crippen LogP contribution in [0.5, 0.6) is 0 Å². The minimum atomic E-state index is -0.442. The van der Waals surface area contributed by atoms with E-state index in [1.54, 1.807) is 13.1 Å². The Morgan fingerprint density at radius 2 is 1.95 bits per heavy atom. The predicted molar refractivity (Wildman–Crippen MR) is 81.5 cm³/mol. The van der Waals surface area contributed by atoms with Gasteiger partial charge in [0, 0.05) is 18.2 Å². The van der Waals surface area contributed by atoms with Crippen LogP contribution in [0.15, 0.2) is 54.7 Å². The summed E-state index contributed by atoms with van der Waals surface area (Å²) in [6.45, 7) is 2.15. The molecule has 0 spiro atoms. The topological polar surface area (TPSA) is 39.2 Å². The predicted octanol–water partition coefficient (Wildman–Crippen LogP) is 3.17. The minimum absolute atomic E-state index is 0.279. The van der Waals surface area contributed by atoms with Crippen LogP contribution in [0.2, 0.25) is 0 Å². The second kappa shape index (κ2) is 7.86. The van der Waals surface area contributed by atoms with Crippen LogP contribution in [-0.4, -0.2) is 17.6 Å². The summed E-state index contributed by atoms with van der Waals surface area (Å²) in [5, 5.41) is 0. The zero-order chi connectivity index (χ0) is 14.9. The van der Waals surface area contributed by atoms with Crippen molar-refractivity contribution in [3.05, 3.63) is 66.0 Å². The summed E-state index contributed by atoms with van der Waals surface area (Å²) in [6, 6.07) is 15.2. The van der Waals surface area contributed by atoms with Crippen molar-refractivity contribution in [1.29, 1.82) is 0 Å². The molecule has 2 rings (SSSR count). The van der Waals surface area contributed by atoms with Crippen LogP contribution < -0.4 is 0 Å². The van der Waals surface area contributed by atoms with Crippen LogP contribution in [0.3, 0.4) is 0 Å². The van der Waals surface area contributed by atoms with Crippen LogP contribution in [-0.2, 0) is 9.53 Å². The minimum Gasteiger partial charge on any atom is -0.465 e. The first-order valence-corrected chi connectivity index (χ1v) is 6.92. The van der Waals surface area contributed by atoms with Crippen LogP contribution >= 0.6 is 0 Å². The Labute approximate surface area is 125 Å². The Bertz CT molecular complexity index is 627. The molecule has 0 aliphatic rings. The van der Waals surface area contributed by atoms with E-state index in [-0.39, 0.29) is 5.97 Å². The highest BCUT2D eigenvalue weighted by atomic mass is 16.5. The second-order valence-electron chi connectivity index (χ2n) is 4.43. The van der Waals surface area contributed by atoms with E-state index in [2.05, 4.69) is 16.8 Å². The molecule has 3 nitrogen and oxygen atoms in total. The number of nitrogens with zero attached hydrogens (tertiary/aromatic N) is 1. The first-order valence-electron chi connectivity index (χ1n) is 6.92. The highest BCUT2D eigenvalue weighted by Crippen LogP contribution is 2.18. The van der Waals surface area contributed by atoms with Crippen LogP contribution in [0.1, 0.15) is 30.5 Å². The summed E-state index contributed by atoms with van der Waals surface area (Å²) in [6.07, 6.45) is 2.07. The first kappa shape index (κ1) is 14.8. The fourth-order valence-electron chi connectivity index (χ4n) is 1.91. The summed E-state index contributed by atoms with van der Waals surface area (Å²) in [4.78, 5) is 16.3. The lowest BCUT2D eigenvalue weighted by molar-refractivity contribution is -0.144. The molecule has 0 saturated heterocycles. The number of carbonyl (C=O) groups is 1. The lowest BCUT2D eigenvalue weighted by Gasteiger charge is -2.11. The average Bonchev–Trinajstić information content (AvgIpc) is 2.53. The molecule has 0 aliphatic carbocycles. The monoisotopic (exact) mass is 279 g/mol. The van der Waals surface area contributed by atoms with Gasteiger partial charge in [-0.25, -0.2) is 0 Å². The van der Waals surface area contributed by atoms with E-state index in [4.69, 9.17) is 4.74 Å². The van der Waals surface area contributed by atoms with Gasteiger partial charge in [0.25, 0.3) is 0 Å². The summed E-state index contributed by atoms with van der Waals surface area (Å²) >= 11 is 0. The standard InChI is InChI=1S/C18H17NO2/c1-2-21-18(20)16(17-13-6-7-14-19-17)12-8-11-15-9-4-3-5-10-15/h3-7,9-10,13-14,16H,2,12H2,1H3. The molecule has 21 heavy (non-hydrogen) atoms. The molecule has 1 unspecified atom stereocenters. The Balaban J connectivity index is 2.14. The van der Waals surface area contributed by atoms with Gasteiger partial charge in [-0.3, -0.25) is 9.78 Å². The summed E-state index contributed by atoms with van der Waals surface area (Å²) in [7, 11) is 0. The van der Waals surface area contributed by atoms with Gasteiger partial charge >= 0.3 is 5.97 Å². The van der Waals surface area contributed by atoms with Crippen molar-refractivity contribution >= 4 is 5.97 Å². The number of carbonyl (C=O) groups excluding carboxylic acids is 1. The quantitative estimate of drug-likeness (QED) is 0.637. The molecular weight excluding hydrogens is 262 g/mol.